The van der Waals surface area contributed by atoms with Crippen LogP contribution in [0.4, 0.5) is 0 Å². The van der Waals surface area contributed by atoms with E-state index in [0.29, 0.717) is 15.6 Å². The summed E-state index contributed by atoms with van der Waals surface area (Å²) in [6, 6.07) is 10.7. The van der Waals surface area contributed by atoms with Crippen LogP contribution in [0.1, 0.15) is 35.3 Å². The van der Waals surface area contributed by atoms with E-state index in [1.807, 2.05) is 26.0 Å². The molecule has 23 heavy (non-hydrogen) atoms. The molecule has 0 amide bonds. The molecule has 2 aromatic rings. The molecule has 0 aliphatic carbocycles. The summed E-state index contributed by atoms with van der Waals surface area (Å²) in [6.07, 6.45) is 4.03. The highest BCUT2D eigenvalue weighted by molar-refractivity contribution is 6.35. The van der Waals surface area contributed by atoms with E-state index in [0.717, 1.165) is 23.3 Å². The van der Waals surface area contributed by atoms with Gasteiger partial charge in [0.1, 0.15) is 11.4 Å². The number of ketones is 1. The van der Waals surface area contributed by atoms with Crippen LogP contribution in [-0.2, 0) is 6.42 Å². The van der Waals surface area contributed by atoms with Gasteiger partial charge in [0.15, 0.2) is 5.78 Å². The van der Waals surface area contributed by atoms with Gasteiger partial charge in [-0.1, -0.05) is 29.3 Å². The molecule has 0 spiro atoms. The molecule has 2 nitrogen and oxygen atoms in total. The minimum atomic E-state index is -0.212. The van der Waals surface area contributed by atoms with Crippen molar-refractivity contribution in [1.29, 1.82) is 0 Å². The van der Waals surface area contributed by atoms with Gasteiger partial charge in [0, 0.05) is 22.0 Å². The summed E-state index contributed by atoms with van der Waals surface area (Å²) >= 11 is 12.0. The number of halogens is 2. The van der Waals surface area contributed by atoms with Crippen LogP contribution in [0.5, 0.6) is 5.75 Å². The number of hydrogen-bond donors (Lipinski definition) is 0. The van der Waals surface area contributed by atoms with Crippen LogP contribution in [0.2, 0.25) is 10.0 Å². The van der Waals surface area contributed by atoms with E-state index in [2.05, 4.69) is 0 Å². The second-order valence-corrected chi connectivity index (χ2v) is 7.07. The lowest BCUT2D eigenvalue weighted by atomic mass is 9.99. The summed E-state index contributed by atoms with van der Waals surface area (Å²) in [5.74, 6) is 0.791. The summed E-state index contributed by atoms with van der Waals surface area (Å²) < 4.78 is 5.83. The third-order valence-electron chi connectivity index (χ3n) is 3.72. The molecule has 0 bridgehead atoms. The monoisotopic (exact) mass is 346 g/mol. The first-order valence-electron chi connectivity index (χ1n) is 7.33. The van der Waals surface area contributed by atoms with Crippen LogP contribution in [0.3, 0.4) is 0 Å². The van der Waals surface area contributed by atoms with Crippen molar-refractivity contribution < 1.29 is 9.53 Å². The number of fused-ring (bicyclic) bond motifs is 1. The normalized spacial score (nSPS) is 15.5. The predicted octanol–water partition coefficient (Wildman–Crippen LogP) is 5.60. The van der Waals surface area contributed by atoms with Crippen molar-refractivity contribution in [2.45, 2.75) is 25.9 Å². The first-order valence-corrected chi connectivity index (χ1v) is 8.09. The summed E-state index contributed by atoms with van der Waals surface area (Å²) in [7, 11) is 0. The van der Waals surface area contributed by atoms with Gasteiger partial charge >= 0.3 is 0 Å². The van der Waals surface area contributed by atoms with Crippen LogP contribution in [0.15, 0.2) is 42.5 Å². The van der Waals surface area contributed by atoms with Crippen LogP contribution >= 0.6 is 23.2 Å². The zero-order chi connectivity index (χ0) is 16.6. The maximum absolute atomic E-state index is 12.4. The fourth-order valence-electron chi connectivity index (χ4n) is 2.66. The van der Waals surface area contributed by atoms with Crippen molar-refractivity contribution in [2.75, 3.05) is 0 Å². The summed E-state index contributed by atoms with van der Waals surface area (Å²) in [4.78, 5) is 12.4. The molecule has 0 atom stereocenters. The second kappa shape index (κ2) is 6.03. The van der Waals surface area contributed by atoms with Gasteiger partial charge in [-0.25, -0.2) is 0 Å². The molecule has 118 valence electrons. The van der Waals surface area contributed by atoms with E-state index in [-0.39, 0.29) is 11.4 Å². The molecule has 0 radical (unpaired) electrons. The molecule has 3 rings (SSSR count). The second-order valence-electron chi connectivity index (χ2n) is 6.22. The Morgan fingerprint density at radius 2 is 1.96 bits per heavy atom. The number of rotatable bonds is 3. The Morgan fingerprint density at radius 3 is 2.70 bits per heavy atom. The Balaban J connectivity index is 1.81. The number of carbonyl (C=O) groups excluding carboxylic acids is 1. The van der Waals surface area contributed by atoms with Crippen molar-refractivity contribution in [2.24, 2.45) is 0 Å². The fourth-order valence-corrected chi connectivity index (χ4v) is 3.13. The molecule has 1 heterocycles. The van der Waals surface area contributed by atoms with E-state index in [4.69, 9.17) is 27.9 Å². The van der Waals surface area contributed by atoms with Crippen LogP contribution in [0.25, 0.3) is 6.08 Å². The number of allylic oxidation sites excluding steroid dienone is 1. The largest absolute Gasteiger partial charge is 0.487 e. The fraction of sp³-hybridized carbons (Fsp3) is 0.211. The summed E-state index contributed by atoms with van der Waals surface area (Å²) in [5.41, 5.74) is 2.26. The van der Waals surface area contributed by atoms with Gasteiger partial charge in [-0.05, 0) is 67.5 Å². The Kier molecular flexibility index (Phi) is 4.22. The standard InChI is InChI=1S/C19H16Cl2O2/c1-19(2)11-14-9-13(5-8-18(14)23-19)17(22)7-4-12-3-6-15(20)10-16(12)21/h3-10H,11H2,1-2H3. The van der Waals surface area contributed by atoms with Gasteiger partial charge in [-0.2, -0.15) is 0 Å². The molecule has 2 aromatic carbocycles. The smallest absolute Gasteiger partial charge is 0.185 e. The van der Waals surface area contributed by atoms with E-state index >= 15 is 0 Å². The molecule has 0 saturated carbocycles. The van der Waals surface area contributed by atoms with Gasteiger partial charge in [0.05, 0.1) is 0 Å². The number of benzene rings is 2. The third kappa shape index (κ3) is 3.60. The van der Waals surface area contributed by atoms with Crippen molar-refractivity contribution in [1.82, 2.24) is 0 Å². The minimum absolute atomic E-state index is 0.0662. The van der Waals surface area contributed by atoms with E-state index in [1.54, 1.807) is 30.3 Å². The zero-order valence-corrected chi connectivity index (χ0v) is 14.4. The lowest BCUT2D eigenvalue weighted by molar-refractivity contribution is 0.104. The minimum Gasteiger partial charge on any atom is -0.487 e. The van der Waals surface area contributed by atoms with Crippen molar-refractivity contribution >= 4 is 35.1 Å². The molecular weight excluding hydrogens is 331 g/mol. The summed E-state index contributed by atoms with van der Waals surface area (Å²) in [5, 5.41) is 1.09. The summed E-state index contributed by atoms with van der Waals surface area (Å²) in [6.45, 7) is 4.08. The molecular formula is C19H16Cl2O2. The Bertz CT molecular complexity index is 807. The lowest BCUT2D eigenvalue weighted by Gasteiger charge is -2.16. The highest BCUT2D eigenvalue weighted by Gasteiger charge is 2.30. The Labute approximate surface area is 145 Å². The molecule has 0 aromatic heterocycles. The molecule has 1 aliphatic heterocycles. The number of hydrogen-bond acceptors (Lipinski definition) is 2. The topological polar surface area (TPSA) is 26.3 Å². The van der Waals surface area contributed by atoms with Gasteiger partial charge in [0.2, 0.25) is 0 Å². The predicted molar refractivity (Wildman–Crippen MR) is 94.7 cm³/mol. The highest BCUT2D eigenvalue weighted by Crippen LogP contribution is 2.35. The molecule has 0 fully saturated rings. The third-order valence-corrected chi connectivity index (χ3v) is 4.29. The average molecular weight is 347 g/mol. The van der Waals surface area contributed by atoms with Gasteiger partial charge < -0.3 is 4.74 Å². The van der Waals surface area contributed by atoms with Gasteiger partial charge in [-0.3, -0.25) is 4.79 Å². The molecule has 0 unspecified atom stereocenters. The highest BCUT2D eigenvalue weighted by atomic mass is 35.5. The first-order chi connectivity index (χ1) is 10.8. The molecule has 1 aliphatic rings. The zero-order valence-electron chi connectivity index (χ0n) is 12.9. The van der Waals surface area contributed by atoms with Crippen molar-refractivity contribution in [3.05, 3.63) is 69.2 Å². The van der Waals surface area contributed by atoms with Gasteiger partial charge in [0.25, 0.3) is 0 Å². The van der Waals surface area contributed by atoms with Crippen molar-refractivity contribution in [3.8, 4) is 5.75 Å². The van der Waals surface area contributed by atoms with E-state index < -0.39 is 0 Å². The number of ether oxygens (including phenoxy) is 1. The van der Waals surface area contributed by atoms with Crippen LogP contribution in [0, 0.1) is 0 Å². The molecule has 4 heteroatoms. The lowest BCUT2D eigenvalue weighted by Crippen LogP contribution is -2.24. The molecule has 0 saturated heterocycles. The quantitative estimate of drug-likeness (QED) is 0.533. The average Bonchev–Trinajstić information content (AvgIpc) is 2.78. The van der Waals surface area contributed by atoms with Crippen molar-refractivity contribution in [3.63, 3.8) is 0 Å². The van der Waals surface area contributed by atoms with Gasteiger partial charge in [-0.15, -0.1) is 0 Å². The molecule has 0 N–H and O–H groups in total. The van der Waals surface area contributed by atoms with E-state index in [1.165, 1.54) is 6.08 Å². The maximum atomic E-state index is 12.4. The first kappa shape index (κ1) is 16.1. The number of carbonyl (C=O) groups is 1. The van der Waals surface area contributed by atoms with E-state index in [9.17, 15) is 4.79 Å². The Hall–Kier alpha value is -1.77. The van der Waals surface area contributed by atoms with Crippen LogP contribution in [-0.4, -0.2) is 11.4 Å². The maximum Gasteiger partial charge on any atom is 0.185 e. The SMILES string of the molecule is CC1(C)Cc2cc(C(=O)C=Cc3ccc(Cl)cc3Cl)ccc2O1. The van der Waals surface area contributed by atoms with Crippen LogP contribution < -0.4 is 4.74 Å². The Morgan fingerprint density at radius 1 is 1.17 bits per heavy atom.